The first-order chi connectivity index (χ1) is 17.7. The van der Waals surface area contributed by atoms with E-state index < -0.39 is 28.5 Å². The Morgan fingerprint density at radius 1 is 1.00 bits per heavy atom. The lowest BCUT2D eigenvalue weighted by Crippen LogP contribution is -2.54. The molecular weight excluding hydrogens is 490 g/mol. The number of nitrogens with one attached hydrogen (secondary N) is 1. The van der Waals surface area contributed by atoms with E-state index in [1.807, 2.05) is 44.2 Å². The summed E-state index contributed by atoms with van der Waals surface area (Å²) in [4.78, 5) is 28.8. The van der Waals surface area contributed by atoms with Crippen molar-refractivity contribution in [2.75, 3.05) is 23.7 Å². The average molecular weight is 530 g/mol. The molecule has 2 aromatic carbocycles. The number of benzene rings is 2. The maximum atomic E-state index is 13.8. The molecule has 202 valence electrons. The minimum Gasteiger partial charge on any atom is -0.492 e. The molecule has 1 saturated carbocycles. The molecule has 0 saturated heterocycles. The number of nitrogens with zero attached hydrogens (tertiary/aromatic N) is 2. The minimum atomic E-state index is -3.83. The second kappa shape index (κ2) is 13.5. The van der Waals surface area contributed by atoms with E-state index in [0.717, 1.165) is 41.8 Å². The standard InChI is InChI=1S/C28H39N3O5S/c1-4-24(28(33)29-23-16-10-7-11-17-23)30(20-22-14-8-6-9-15-22)27(32)21-31(37(3,34)35)25-18-12-13-19-26(25)36-5-2/h6,8-9,12-15,18-19,23-24H,4-5,7,10-11,16-17,20-21H2,1-3H3,(H,29,33). The van der Waals surface area contributed by atoms with E-state index in [2.05, 4.69) is 5.32 Å². The summed E-state index contributed by atoms with van der Waals surface area (Å²) in [6, 6.07) is 15.6. The zero-order valence-electron chi connectivity index (χ0n) is 22.1. The molecule has 9 heteroatoms. The highest BCUT2D eigenvalue weighted by Crippen LogP contribution is 2.30. The molecule has 0 radical (unpaired) electrons. The van der Waals surface area contributed by atoms with Crippen LogP contribution in [0.15, 0.2) is 54.6 Å². The van der Waals surface area contributed by atoms with Crippen molar-refractivity contribution in [1.29, 1.82) is 0 Å². The van der Waals surface area contributed by atoms with Gasteiger partial charge in [0, 0.05) is 12.6 Å². The highest BCUT2D eigenvalue weighted by atomic mass is 32.2. The Morgan fingerprint density at radius 3 is 2.27 bits per heavy atom. The summed E-state index contributed by atoms with van der Waals surface area (Å²) in [6.07, 6.45) is 6.68. The van der Waals surface area contributed by atoms with Crippen LogP contribution >= 0.6 is 0 Å². The molecule has 1 aliphatic rings. The van der Waals surface area contributed by atoms with Crippen molar-refractivity contribution >= 4 is 27.5 Å². The largest absolute Gasteiger partial charge is 0.492 e. The Morgan fingerprint density at radius 2 is 1.65 bits per heavy atom. The maximum absolute atomic E-state index is 13.8. The van der Waals surface area contributed by atoms with Gasteiger partial charge in [0.05, 0.1) is 18.6 Å². The van der Waals surface area contributed by atoms with Crippen LogP contribution in [-0.2, 0) is 26.2 Å². The van der Waals surface area contributed by atoms with Crippen molar-refractivity contribution in [3.8, 4) is 5.75 Å². The van der Waals surface area contributed by atoms with Gasteiger partial charge in [0.1, 0.15) is 18.3 Å². The molecule has 0 heterocycles. The van der Waals surface area contributed by atoms with Gasteiger partial charge in [-0.05, 0) is 43.9 Å². The monoisotopic (exact) mass is 529 g/mol. The number of rotatable bonds is 12. The van der Waals surface area contributed by atoms with Gasteiger partial charge in [-0.15, -0.1) is 0 Å². The molecule has 1 atom stereocenters. The van der Waals surface area contributed by atoms with Crippen LogP contribution < -0.4 is 14.4 Å². The van der Waals surface area contributed by atoms with E-state index in [1.54, 1.807) is 24.3 Å². The smallest absolute Gasteiger partial charge is 0.244 e. The molecule has 1 fully saturated rings. The van der Waals surface area contributed by atoms with Gasteiger partial charge < -0.3 is 15.0 Å². The van der Waals surface area contributed by atoms with Crippen molar-refractivity contribution in [3.05, 3.63) is 60.2 Å². The van der Waals surface area contributed by atoms with E-state index in [9.17, 15) is 18.0 Å². The summed E-state index contributed by atoms with van der Waals surface area (Å²) in [5.74, 6) is -0.273. The maximum Gasteiger partial charge on any atom is 0.244 e. The molecule has 37 heavy (non-hydrogen) atoms. The Kier molecular flexibility index (Phi) is 10.4. The van der Waals surface area contributed by atoms with E-state index in [4.69, 9.17) is 4.74 Å². The molecule has 8 nitrogen and oxygen atoms in total. The molecular formula is C28H39N3O5S. The van der Waals surface area contributed by atoms with Gasteiger partial charge in [-0.2, -0.15) is 0 Å². The van der Waals surface area contributed by atoms with Crippen LogP contribution in [0, 0.1) is 0 Å². The highest BCUT2D eigenvalue weighted by molar-refractivity contribution is 7.92. The van der Waals surface area contributed by atoms with E-state index in [-0.39, 0.29) is 18.5 Å². The molecule has 2 amide bonds. The molecule has 1 aliphatic carbocycles. The summed E-state index contributed by atoms with van der Waals surface area (Å²) in [5, 5.41) is 3.15. The fourth-order valence-electron chi connectivity index (χ4n) is 4.78. The second-order valence-electron chi connectivity index (χ2n) is 9.45. The number of hydrogen-bond acceptors (Lipinski definition) is 5. The lowest BCUT2D eigenvalue weighted by molar-refractivity contribution is -0.140. The number of carbonyl (C=O) groups is 2. The molecule has 0 bridgehead atoms. The molecule has 0 aromatic heterocycles. The number of carbonyl (C=O) groups excluding carboxylic acids is 2. The number of hydrogen-bond donors (Lipinski definition) is 1. The Balaban J connectivity index is 1.92. The Hall–Kier alpha value is -3.07. The summed E-state index contributed by atoms with van der Waals surface area (Å²) in [5.41, 5.74) is 1.15. The van der Waals surface area contributed by atoms with Crippen LogP contribution in [0.5, 0.6) is 5.75 Å². The number of ether oxygens (including phenoxy) is 1. The van der Waals surface area contributed by atoms with Gasteiger partial charge in [-0.1, -0.05) is 68.7 Å². The van der Waals surface area contributed by atoms with Crippen LogP contribution in [0.1, 0.15) is 57.9 Å². The van der Waals surface area contributed by atoms with Crippen molar-refractivity contribution in [2.45, 2.75) is 71.0 Å². The van der Waals surface area contributed by atoms with Gasteiger partial charge in [0.2, 0.25) is 21.8 Å². The third kappa shape index (κ3) is 7.95. The van der Waals surface area contributed by atoms with E-state index >= 15 is 0 Å². The topological polar surface area (TPSA) is 96.0 Å². The van der Waals surface area contributed by atoms with Crippen molar-refractivity contribution in [1.82, 2.24) is 10.2 Å². The third-order valence-electron chi connectivity index (χ3n) is 6.65. The van der Waals surface area contributed by atoms with Gasteiger partial charge in [-0.25, -0.2) is 8.42 Å². The number of anilines is 1. The van der Waals surface area contributed by atoms with Crippen LogP contribution in [0.4, 0.5) is 5.69 Å². The molecule has 0 aliphatic heterocycles. The fraction of sp³-hybridized carbons (Fsp3) is 0.500. The van der Waals surface area contributed by atoms with Crippen LogP contribution in [0.3, 0.4) is 0 Å². The summed E-state index contributed by atoms with van der Waals surface area (Å²) < 4.78 is 32.4. The first kappa shape index (κ1) is 28.5. The Labute approximate surface area is 221 Å². The summed E-state index contributed by atoms with van der Waals surface area (Å²) in [7, 11) is -3.83. The minimum absolute atomic E-state index is 0.106. The van der Waals surface area contributed by atoms with E-state index in [0.29, 0.717) is 24.5 Å². The first-order valence-corrected chi connectivity index (χ1v) is 14.9. The predicted octanol–water partition coefficient (Wildman–Crippen LogP) is 4.11. The van der Waals surface area contributed by atoms with Gasteiger partial charge in [0.25, 0.3) is 0 Å². The van der Waals surface area contributed by atoms with Gasteiger partial charge >= 0.3 is 0 Å². The zero-order chi connectivity index (χ0) is 26.8. The van der Waals surface area contributed by atoms with Crippen molar-refractivity contribution < 1.29 is 22.7 Å². The van der Waals surface area contributed by atoms with Crippen LogP contribution in [0.2, 0.25) is 0 Å². The average Bonchev–Trinajstić information content (AvgIpc) is 2.88. The zero-order valence-corrected chi connectivity index (χ0v) is 22.9. The van der Waals surface area contributed by atoms with Crippen molar-refractivity contribution in [2.24, 2.45) is 0 Å². The van der Waals surface area contributed by atoms with Crippen molar-refractivity contribution in [3.63, 3.8) is 0 Å². The third-order valence-corrected chi connectivity index (χ3v) is 7.77. The lowest BCUT2D eigenvalue weighted by Gasteiger charge is -2.34. The number of sulfonamides is 1. The quantitative estimate of drug-likeness (QED) is 0.447. The molecule has 3 rings (SSSR count). The summed E-state index contributed by atoms with van der Waals surface area (Å²) in [6.45, 7) is 3.78. The SMILES string of the molecule is CCOc1ccccc1N(CC(=O)N(Cc1ccccc1)C(CC)C(=O)NC1CCCCC1)S(C)(=O)=O. The number of para-hydroxylation sites is 2. The molecule has 1 unspecified atom stereocenters. The van der Waals surface area contributed by atoms with Gasteiger partial charge in [0.15, 0.2) is 0 Å². The fourth-order valence-corrected chi connectivity index (χ4v) is 5.63. The highest BCUT2D eigenvalue weighted by Gasteiger charge is 2.33. The lowest BCUT2D eigenvalue weighted by atomic mass is 9.95. The van der Waals surface area contributed by atoms with Crippen LogP contribution in [-0.4, -0.2) is 56.6 Å². The van der Waals surface area contributed by atoms with Crippen LogP contribution in [0.25, 0.3) is 0 Å². The Bertz CT molecular complexity index is 1130. The number of amides is 2. The van der Waals surface area contributed by atoms with E-state index in [1.165, 1.54) is 11.3 Å². The molecule has 2 aromatic rings. The van der Waals surface area contributed by atoms with Gasteiger partial charge in [-0.3, -0.25) is 13.9 Å². The predicted molar refractivity (Wildman–Crippen MR) is 146 cm³/mol. The second-order valence-corrected chi connectivity index (χ2v) is 11.4. The summed E-state index contributed by atoms with van der Waals surface area (Å²) >= 11 is 0. The first-order valence-electron chi connectivity index (χ1n) is 13.1. The molecule has 0 spiro atoms. The normalized spacial score (nSPS) is 15.0. The molecule has 1 N–H and O–H groups in total.